The van der Waals surface area contributed by atoms with E-state index in [0.29, 0.717) is 6.42 Å². The van der Waals surface area contributed by atoms with Gasteiger partial charge in [0.15, 0.2) is 0 Å². The second kappa shape index (κ2) is 4.03. The lowest BCUT2D eigenvalue weighted by Crippen LogP contribution is -2.12. The summed E-state index contributed by atoms with van der Waals surface area (Å²) >= 11 is 3.53. The zero-order chi connectivity index (χ0) is 10.9. The molecule has 1 heterocycles. The maximum absolute atomic E-state index is 8.88. The van der Waals surface area contributed by atoms with E-state index in [1.165, 1.54) is 0 Å². The van der Waals surface area contributed by atoms with Crippen LogP contribution in [0.1, 0.15) is 32.3 Å². The van der Waals surface area contributed by atoms with Crippen molar-refractivity contribution in [1.82, 2.24) is 9.55 Å². The third kappa shape index (κ3) is 2.17. The molecule has 0 aliphatic carbocycles. The summed E-state index contributed by atoms with van der Waals surface area (Å²) in [4.78, 5) is 4.53. The van der Waals surface area contributed by atoms with Crippen molar-refractivity contribution < 1.29 is 5.11 Å². The van der Waals surface area contributed by atoms with Gasteiger partial charge in [0.05, 0.1) is 12.3 Å². The van der Waals surface area contributed by atoms with Crippen LogP contribution in [0.4, 0.5) is 0 Å². The molecule has 1 N–H and O–H groups in total. The summed E-state index contributed by atoms with van der Waals surface area (Å²) in [5.41, 5.74) is 1.08. The number of rotatable bonds is 2. The zero-order valence-corrected chi connectivity index (χ0v) is 10.7. The Hall–Kier alpha value is -0.350. The fourth-order valence-electron chi connectivity index (χ4n) is 1.32. The number of aromatic nitrogens is 2. The second-order valence-corrected chi connectivity index (χ2v) is 5.20. The molecule has 0 atom stereocenters. The van der Waals surface area contributed by atoms with Crippen LogP contribution >= 0.6 is 15.9 Å². The van der Waals surface area contributed by atoms with E-state index < -0.39 is 0 Å². The van der Waals surface area contributed by atoms with Crippen LogP contribution in [0.2, 0.25) is 0 Å². The highest BCUT2D eigenvalue weighted by Crippen LogP contribution is 2.29. The number of aliphatic hydroxyl groups is 1. The van der Waals surface area contributed by atoms with Crippen molar-refractivity contribution in [3.63, 3.8) is 0 Å². The number of hydrogen-bond acceptors (Lipinski definition) is 2. The first-order chi connectivity index (χ1) is 6.38. The molecule has 80 valence electrons. The average Bonchev–Trinajstić information content (AvgIpc) is 2.32. The van der Waals surface area contributed by atoms with Gasteiger partial charge in [0.2, 0.25) is 0 Å². The van der Waals surface area contributed by atoms with Gasteiger partial charge in [-0.05, 0) is 15.9 Å². The molecule has 0 aliphatic rings. The Bertz CT molecular complexity index is 326. The minimum Gasteiger partial charge on any atom is -0.396 e. The van der Waals surface area contributed by atoms with Crippen LogP contribution in [0, 0.1) is 0 Å². The highest BCUT2D eigenvalue weighted by Gasteiger charge is 2.23. The van der Waals surface area contributed by atoms with E-state index in [-0.39, 0.29) is 12.0 Å². The molecule has 14 heavy (non-hydrogen) atoms. The number of imidazole rings is 1. The Kier molecular flexibility index (Phi) is 3.37. The molecule has 1 aromatic rings. The SMILES string of the molecule is Cn1c(CCO)nc(C(C)(C)C)c1Br. The quantitative estimate of drug-likeness (QED) is 0.884. The Balaban J connectivity index is 3.15. The van der Waals surface area contributed by atoms with Gasteiger partial charge in [-0.2, -0.15) is 0 Å². The fraction of sp³-hybridized carbons (Fsp3) is 0.700. The topological polar surface area (TPSA) is 38.0 Å². The minimum atomic E-state index is 0.0320. The van der Waals surface area contributed by atoms with E-state index in [1.807, 2.05) is 11.6 Å². The summed E-state index contributed by atoms with van der Waals surface area (Å²) in [5, 5.41) is 8.88. The van der Waals surface area contributed by atoms with Gasteiger partial charge in [-0.1, -0.05) is 20.8 Å². The standard InChI is InChI=1S/C10H17BrN2O/c1-10(2,3)8-9(11)13(4)7(12-8)5-6-14/h14H,5-6H2,1-4H3. The van der Waals surface area contributed by atoms with E-state index in [9.17, 15) is 0 Å². The van der Waals surface area contributed by atoms with Crippen LogP contribution in [-0.2, 0) is 18.9 Å². The van der Waals surface area contributed by atoms with Crippen molar-refractivity contribution in [3.8, 4) is 0 Å². The van der Waals surface area contributed by atoms with Gasteiger partial charge in [0.1, 0.15) is 10.4 Å². The summed E-state index contributed by atoms with van der Waals surface area (Å²) in [6, 6.07) is 0. The molecule has 0 saturated heterocycles. The Morgan fingerprint density at radius 1 is 1.43 bits per heavy atom. The molecule has 0 saturated carbocycles. The minimum absolute atomic E-state index is 0.0320. The average molecular weight is 261 g/mol. The van der Waals surface area contributed by atoms with Gasteiger partial charge in [0.25, 0.3) is 0 Å². The van der Waals surface area contributed by atoms with Gasteiger partial charge < -0.3 is 9.67 Å². The molecule has 0 fully saturated rings. The zero-order valence-electron chi connectivity index (χ0n) is 9.13. The Morgan fingerprint density at radius 2 is 2.00 bits per heavy atom. The maximum atomic E-state index is 8.88. The van der Waals surface area contributed by atoms with Crippen LogP contribution < -0.4 is 0 Å². The third-order valence-corrected chi connectivity index (χ3v) is 3.07. The molecule has 0 aromatic carbocycles. The van der Waals surface area contributed by atoms with Gasteiger partial charge in [-0.3, -0.25) is 0 Å². The smallest absolute Gasteiger partial charge is 0.111 e. The number of hydrogen-bond donors (Lipinski definition) is 1. The summed E-state index contributed by atoms with van der Waals surface area (Å²) in [6.07, 6.45) is 0.602. The second-order valence-electron chi connectivity index (χ2n) is 4.45. The predicted octanol–water partition coefficient (Wildman–Crippen LogP) is 2.01. The van der Waals surface area contributed by atoms with Crippen molar-refractivity contribution in [1.29, 1.82) is 0 Å². The van der Waals surface area contributed by atoms with Crippen LogP contribution in [0.5, 0.6) is 0 Å². The van der Waals surface area contributed by atoms with Crippen LogP contribution in [0.3, 0.4) is 0 Å². The van der Waals surface area contributed by atoms with Gasteiger partial charge >= 0.3 is 0 Å². The van der Waals surface area contributed by atoms with E-state index >= 15 is 0 Å². The predicted molar refractivity (Wildman–Crippen MR) is 60.4 cm³/mol. The van der Waals surface area contributed by atoms with Crippen molar-refractivity contribution in [2.24, 2.45) is 7.05 Å². The molecule has 0 aliphatic heterocycles. The lowest BCUT2D eigenvalue weighted by molar-refractivity contribution is 0.295. The molecule has 1 aromatic heterocycles. The first kappa shape index (κ1) is 11.7. The van der Waals surface area contributed by atoms with E-state index in [2.05, 4.69) is 41.7 Å². The summed E-state index contributed by atoms with van der Waals surface area (Å²) in [7, 11) is 1.96. The van der Waals surface area contributed by atoms with Crippen molar-refractivity contribution in [2.75, 3.05) is 6.61 Å². The fourth-order valence-corrected chi connectivity index (χ4v) is 2.21. The summed E-state index contributed by atoms with van der Waals surface area (Å²) < 4.78 is 2.99. The van der Waals surface area contributed by atoms with Crippen LogP contribution in [0.15, 0.2) is 4.60 Å². The highest BCUT2D eigenvalue weighted by atomic mass is 79.9. The van der Waals surface area contributed by atoms with E-state index in [1.54, 1.807) is 0 Å². The molecule has 0 bridgehead atoms. The molecule has 0 amide bonds. The first-order valence-electron chi connectivity index (χ1n) is 4.70. The Labute approximate surface area is 93.3 Å². The molecule has 0 unspecified atom stereocenters. The molecule has 3 nitrogen and oxygen atoms in total. The molecule has 0 radical (unpaired) electrons. The van der Waals surface area contributed by atoms with Crippen LogP contribution in [-0.4, -0.2) is 21.3 Å². The first-order valence-corrected chi connectivity index (χ1v) is 5.49. The summed E-state index contributed by atoms with van der Waals surface area (Å²) in [5.74, 6) is 0.921. The molecule has 4 heteroatoms. The van der Waals surface area contributed by atoms with Crippen molar-refractivity contribution in [3.05, 3.63) is 16.1 Å². The van der Waals surface area contributed by atoms with E-state index in [4.69, 9.17) is 5.11 Å². The lowest BCUT2D eigenvalue weighted by Gasteiger charge is -2.15. The normalized spacial score (nSPS) is 12.1. The number of aliphatic hydroxyl groups excluding tert-OH is 1. The highest BCUT2D eigenvalue weighted by molar-refractivity contribution is 9.10. The maximum Gasteiger partial charge on any atom is 0.111 e. The van der Waals surface area contributed by atoms with Gasteiger partial charge in [-0.15, -0.1) is 0 Å². The number of halogens is 1. The van der Waals surface area contributed by atoms with Crippen LogP contribution in [0.25, 0.3) is 0 Å². The van der Waals surface area contributed by atoms with Crippen molar-refractivity contribution >= 4 is 15.9 Å². The van der Waals surface area contributed by atoms with E-state index in [0.717, 1.165) is 16.1 Å². The van der Waals surface area contributed by atoms with Gasteiger partial charge in [-0.25, -0.2) is 4.98 Å². The monoisotopic (exact) mass is 260 g/mol. The Morgan fingerprint density at radius 3 is 2.36 bits per heavy atom. The number of nitrogens with zero attached hydrogens (tertiary/aromatic N) is 2. The molecular formula is C10H17BrN2O. The molecular weight excluding hydrogens is 244 g/mol. The molecule has 0 spiro atoms. The van der Waals surface area contributed by atoms with Gasteiger partial charge in [0, 0.05) is 18.9 Å². The summed E-state index contributed by atoms with van der Waals surface area (Å²) in [6.45, 7) is 6.52. The third-order valence-electron chi connectivity index (χ3n) is 2.16. The van der Waals surface area contributed by atoms with Crippen molar-refractivity contribution in [2.45, 2.75) is 32.6 Å². The largest absolute Gasteiger partial charge is 0.396 e. The lowest BCUT2D eigenvalue weighted by atomic mass is 9.93. The molecule has 1 rings (SSSR count).